The Morgan fingerprint density at radius 2 is 2.00 bits per heavy atom. The second-order valence-electron chi connectivity index (χ2n) is 4.72. The number of aliphatic hydroxyl groups is 1. The van der Waals surface area contributed by atoms with Crippen molar-refractivity contribution >= 4 is 23.6 Å². The molecule has 0 atom stereocenters. The summed E-state index contributed by atoms with van der Waals surface area (Å²) in [4.78, 5) is 4.16. The zero-order valence-corrected chi connectivity index (χ0v) is 10.8. The average Bonchev–Trinajstić information content (AvgIpc) is 2.46. The molecule has 0 aliphatic rings. The molecule has 0 aliphatic carbocycles. The summed E-state index contributed by atoms with van der Waals surface area (Å²) in [5, 5.41) is 9.91. The molecule has 0 radical (unpaired) electrons. The van der Waals surface area contributed by atoms with Gasteiger partial charge in [-0.05, 0) is 34.6 Å². The van der Waals surface area contributed by atoms with Crippen LogP contribution in [0.1, 0.15) is 33.4 Å². The highest BCUT2D eigenvalue weighted by Gasteiger charge is 2.35. The van der Waals surface area contributed by atoms with Gasteiger partial charge in [0.2, 0.25) is 0 Å². The molecular formula is C10H18BNO2S. The Kier molecular flexibility index (Phi) is 3.58. The maximum Gasteiger partial charge on any atom is 0.321 e. The summed E-state index contributed by atoms with van der Waals surface area (Å²) in [6.45, 7) is 9.26. The summed E-state index contributed by atoms with van der Waals surface area (Å²) in [6, 6.07) is 0. The Hall–Kier alpha value is -0.385. The van der Waals surface area contributed by atoms with Gasteiger partial charge in [0.15, 0.2) is 0 Å². The van der Waals surface area contributed by atoms with Crippen LogP contribution in [0.2, 0.25) is 0 Å². The van der Waals surface area contributed by atoms with Gasteiger partial charge < -0.3 is 9.76 Å². The third kappa shape index (κ3) is 3.03. The number of hydrogen-bond acceptors (Lipinski definition) is 4. The van der Waals surface area contributed by atoms with Gasteiger partial charge in [-0.25, -0.2) is 0 Å². The van der Waals surface area contributed by atoms with Crippen LogP contribution >= 0.6 is 11.3 Å². The lowest BCUT2D eigenvalue weighted by molar-refractivity contribution is -0.0892. The number of rotatable bonds is 4. The average molecular weight is 227 g/mol. The van der Waals surface area contributed by atoms with Gasteiger partial charge in [-0.1, -0.05) is 0 Å². The monoisotopic (exact) mass is 227 g/mol. The zero-order chi connectivity index (χ0) is 11.7. The van der Waals surface area contributed by atoms with Crippen LogP contribution in [-0.4, -0.2) is 28.8 Å². The molecule has 0 spiro atoms. The number of hydrogen-bond donors (Lipinski definition) is 1. The van der Waals surface area contributed by atoms with E-state index in [1.165, 1.54) is 0 Å². The quantitative estimate of drug-likeness (QED) is 0.780. The first-order chi connectivity index (χ1) is 6.74. The predicted octanol–water partition coefficient (Wildman–Crippen LogP) is 0.994. The molecule has 1 rings (SSSR count). The number of aromatic nitrogens is 1. The van der Waals surface area contributed by atoms with Crippen LogP contribution in [0, 0.1) is 6.92 Å². The Balaban J connectivity index is 2.61. The smallest absolute Gasteiger partial charge is 0.321 e. The largest absolute Gasteiger partial charge is 0.426 e. The van der Waals surface area contributed by atoms with Crippen molar-refractivity contribution < 1.29 is 9.76 Å². The highest BCUT2D eigenvalue weighted by atomic mass is 32.1. The molecule has 15 heavy (non-hydrogen) atoms. The van der Waals surface area contributed by atoms with Crippen LogP contribution in [0.3, 0.4) is 0 Å². The molecule has 1 N–H and O–H groups in total. The van der Waals surface area contributed by atoms with Gasteiger partial charge in [0, 0.05) is 10.5 Å². The minimum Gasteiger partial charge on any atom is -0.426 e. The molecule has 0 saturated heterocycles. The van der Waals surface area contributed by atoms with E-state index in [-0.39, 0.29) is 0 Å². The third-order valence-electron chi connectivity index (χ3n) is 2.88. The van der Waals surface area contributed by atoms with E-state index in [9.17, 15) is 5.11 Å². The van der Waals surface area contributed by atoms with E-state index in [1.807, 2.05) is 26.3 Å². The second kappa shape index (κ2) is 4.24. The standard InChI is InChI=1S/C10H18BNO2S/c1-7-8(15-6-12-7)11-14-10(4,5)9(2,3)13/h6,11,13H,1-5H3. The van der Waals surface area contributed by atoms with Gasteiger partial charge in [-0.3, -0.25) is 4.98 Å². The van der Waals surface area contributed by atoms with E-state index in [0.717, 1.165) is 10.5 Å². The summed E-state index contributed by atoms with van der Waals surface area (Å²) in [7, 11) is 0.507. The molecule has 84 valence electrons. The van der Waals surface area contributed by atoms with Crippen LogP contribution in [0.25, 0.3) is 0 Å². The summed E-state index contributed by atoms with van der Waals surface area (Å²) in [5.74, 6) is 0. The third-order valence-corrected chi connectivity index (χ3v) is 3.79. The van der Waals surface area contributed by atoms with Crippen LogP contribution in [0.5, 0.6) is 0 Å². The lowest BCUT2D eigenvalue weighted by Crippen LogP contribution is -2.49. The maximum absolute atomic E-state index is 9.91. The Morgan fingerprint density at radius 3 is 2.40 bits per heavy atom. The SMILES string of the molecule is Cc1ncsc1BOC(C)(C)C(C)(C)O. The summed E-state index contributed by atoms with van der Waals surface area (Å²) in [6.07, 6.45) is 0. The van der Waals surface area contributed by atoms with Crippen molar-refractivity contribution in [2.75, 3.05) is 0 Å². The highest BCUT2D eigenvalue weighted by molar-refractivity contribution is 7.19. The second-order valence-corrected chi connectivity index (χ2v) is 5.66. The normalized spacial score (nSPS) is 12.9. The number of thiazole rings is 1. The highest BCUT2D eigenvalue weighted by Crippen LogP contribution is 2.24. The van der Waals surface area contributed by atoms with Gasteiger partial charge in [0.1, 0.15) is 0 Å². The minimum atomic E-state index is -0.856. The summed E-state index contributed by atoms with van der Waals surface area (Å²) in [5.41, 5.74) is 1.40. The molecule has 0 aliphatic heterocycles. The van der Waals surface area contributed by atoms with E-state index in [2.05, 4.69) is 4.98 Å². The summed E-state index contributed by atoms with van der Waals surface area (Å²) >= 11 is 1.58. The lowest BCUT2D eigenvalue weighted by Gasteiger charge is -2.37. The van der Waals surface area contributed by atoms with Crippen molar-refractivity contribution in [2.24, 2.45) is 0 Å². The molecule has 3 nitrogen and oxygen atoms in total. The maximum atomic E-state index is 9.91. The molecule has 1 aromatic rings. The van der Waals surface area contributed by atoms with E-state index in [1.54, 1.807) is 25.2 Å². The Bertz CT molecular complexity index is 330. The van der Waals surface area contributed by atoms with Crippen LogP contribution < -0.4 is 4.78 Å². The first-order valence-corrected chi connectivity index (χ1v) is 5.87. The fourth-order valence-corrected chi connectivity index (χ4v) is 1.58. The van der Waals surface area contributed by atoms with Crippen molar-refractivity contribution in [3.63, 3.8) is 0 Å². The molecule has 0 amide bonds. The molecule has 0 unspecified atom stereocenters. The first kappa shape index (κ1) is 12.7. The van der Waals surface area contributed by atoms with Gasteiger partial charge >= 0.3 is 7.48 Å². The fraction of sp³-hybridized carbons (Fsp3) is 0.700. The first-order valence-electron chi connectivity index (χ1n) is 4.99. The van der Waals surface area contributed by atoms with Crippen LogP contribution in [0.4, 0.5) is 0 Å². The van der Waals surface area contributed by atoms with E-state index < -0.39 is 11.2 Å². The minimum absolute atomic E-state index is 0.507. The molecule has 1 heterocycles. The molecule has 1 aromatic heterocycles. The van der Waals surface area contributed by atoms with Gasteiger partial charge in [-0.2, -0.15) is 0 Å². The van der Waals surface area contributed by atoms with E-state index in [4.69, 9.17) is 4.65 Å². The van der Waals surface area contributed by atoms with Crippen LogP contribution in [-0.2, 0) is 4.65 Å². The van der Waals surface area contributed by atoms with Crippen molar-refractivity contribution in [3.05, 3.63) is 11.2 Å². The molecular weight excluding hydrogens is 209 g/mol. The number of aryl methyl sites for hydroxylation is 1. The van der Waals surface area contributed by atoms with Crippen LogP contribution in [0.15, 0.2) is 5.51 Å². The lowest BCUT2D eigenvalue weighted by atomic mass is 9.86. The van der Waals surface area contributed by atoms with E-state index >= 15 is 0 Å². The predicted molar refractivity (Wildman–Crippen MR) is 65.1 cm³/mol. The van der Waals surface area contributed by atoms with Crippen molar-refractivity contribution in [1.82, 2.24) is 4.98 Å². The molecule has 0 saturated carbocycles. The van der Waals surface area contributed by atoms with E-state index in [0.29, 0.717) is 7.48 Å². The van der Waals surface area contributed by atoms with Gasteiger partial charge in [-0.15, -0.1) is 11.3 Å². The molecule has 0 aromatic carbocycles. The number of nitrogens with zero attached hydrogens (tertiary/aromatic N) is 1. The van der Waals surface area contributed by atoms with Crippen molar-refractivity contribution in [3.8, 4) is 0 Å². The zero-order valence-electron chi connectivity index (χ0n) is 10.00. The topological polar surface area (TPSA) is 42.4 Å². The van der Waals surface area contributed by atoms with Gasteiger partial charge in [0.25, 0.3) is 0 Å². The fourth-order valence-electron chi connectivity index (χ4n) is 0.887. The summed E-state index contributed by atoms with van der Waals surface area (Å²) < 4.78 is 6.86. The molecule has 0 fully saturated rings. The van der Waals surface area contributed by atoms with Crippen molar-refractivity contribution in [2.45, 2.75) is 45.8 Å². The Morgan fingerprint density at radius 1 is 1.40 bits per heavy atom. The Labute approximate surface area is 95.8 Å². The van der Waals surface area contributed by atoms with Gasteiger partial charge in [0.05, 0.1) is 16.7 Å². The van der Waals surface area contributed by atoms with Crippen molar-refractivity contribution in [1.29, 1.82) is 0 Å². The molecule has 5 heteroatoms. The molecule has 0 bridgehead atoms.